The number of thiazole rings is 2. The molecule has 0 saturated carbocycles. The molecule has 0 N–H and O–H groups in total. The minimum atomic E-state index is -1.19. The van der Waals surface area contributed by atoms with Crippen molar-refractivity contribution in [3.63, 3.8) is 0 Å². The summed E-state index contributed by atoms with van der Waals surface area (Å²) in [5.41, 5.74) is 3.52. The number of carbonyl (C=O) groups is 1. The molecule has 47 heavy (non-hydrogen) atoms. The molecule has 0 aliphatic carbocycles. The van der Waals surface area contributed by atoms with Crippen molar-refractivity contribution in [1.82, 2.24) is 19.7 Å². The van der Waals surface area contributed by atoms with E-state index in [9.17, 15) is 4.79 Å². The number of aryl methyl sites for hydroxylation is 1. The van der Waals surface area contributed by atoms with Crippen molar-refractivity contribution >= 4 is 69.4 Å². The van der Waals surface area contributed by atoms with Crippen molar-refractivity contribution in [2.75, 3.05) is 43.2 Å². The maximum absolute atomic E-state index is 13.0. The Bertz CT molecular complexity index is 1930. The third-order valence-corrected chi connectivity index (χ3v) is 12.1. The summed E-state index contributed by atoms with van der Waals surface area (Å²) in [6, 6.07) is 21.6. The van der Waals surface area contributed by atoms with Gasteiger partial charge >= 0.3 is 5.97 Å². The van der Waals surface area contributed by atoms with Gasteiger partial charge in [-0.25, -0.2) is 9.78 Å². The Morgan fingerprint density at radius 3 is 2.53 bits per heavy atom. The summed E-state index contributed by atoms with van der Waals surface area (Å²) in [4.78, 5) is 28.6. The van der Waals surface area contributed by atoms with Crippen LogP contribution in [0.1, 0.15) is 33.8 Å². The largest absolute Gasteiger partial charge is 0.461 e. The summed E-state index contributed by atoms with van der Waals surface area (Å²) >= 11 is 3.12. The van der Waals surface area contributed by atoms with Gasteiger partial charge in [0.2, 0.25) is 0 Å². The first kappa shape index (κ1) is 33.0. The zero-order valence-electron chi connectivity index (χ0n) is 27.8. The smallest absolute Gasteiger partial charge is 0.358 e. The van der Waals surface area contributed by atoms with Crippen molar-refractivity contribution < 1.29 is 14.3 Å². The molecule has 1 saturated heterocycles. The summed E-state index contributed by atoms with van der Waals surface area (Å²) in [7, 11) is 0.703. The summed E-state index contributed by atoms with van der Waals surface area (Å²) < 4.78 is 14.8. The van der Waals surface area contributed by atoms with Crippen LogP contribution >= 0.6 is 22.7 Å². The van der Waals surface area contributed by atoms with Gasteiger partial charge in [0.15, 0.2) is 27.3 Å². The Labute approximate surface area is 284 Å². The monoisotopic (exact) mass is 687 g/mol. The summed E-state index contributed by atoms with van der Waals surface area (Å²) in [6.45, 7) is 13.9. The lowest BCUT2D eigenvalue weighted by Crippen LogP contribution is -2.45. The zero-order chi connectivity index (χ0) is 33.1. The fraction of sp³-hybridized carbons (Fsp3) is 0.382. The normalized spacial score (nSPS) is 14.1. The number of esters is 1. The Hall–Kier alpha value is -3.91. The number of anilines is 3. The Kier molecular flexibility index (Phi) is 9.87. The van der Waals surface area contributed by atoms with Crippen LogP contribution in [0.25, 0.3) is 10.2 Å². The number of para-hydroxylation sites is 2. The van der Waals surface area contributed by atoms with E-state index in [4.69, 9.17) is 19.5 Å². The molecule has 0 bridgehead atoms. The molecule has 1 aliphatic rings. The van der Waals surface area contributed by atoms with E-state index in [1.165, 1.54) is 17.0 Å². The molecule has 5 aromatic rings. The fourth-order valence-corrected chi connectivity index (χ4v) is 8.15. The van der Waals surface area contributed by atoms with Crippen LogP contribution in [0, 0.1) is 6.92 Å². The lowest BCUT2D eigenvalue weighted by atomic mass is 9.96. The van der Waals surface area contributed by atoms with Gasteiger partial charge in [-0.3, -0.25) is 4.57 Å². The average molecular weight is 688 g/mol. The number of ether oxygens (including phenoxy) is 2. The van der Waals surface area contributed by atoms with Gasteiger partial charge in [0.1, 0.15) is 6.73 Å². The van der Waals surface area contributed by atoms with Crippen LogP contribution in [-0.2, 0) is 16.2 Å². The molecule has 0 amide bonds. The van der Waals surface area contributed by atoms with Gasteiger partial charge in [-0.2, -0.15) is 4.99 Å². The van der Waals surface area contributed by atoms with Gasteiger partial charge < -0.3 is 19.3 Å². The van der Waals surface area contributed by atoms with Crippen LogP contribution in [0.2, 0.25) is 25.7 Å². The maximum Gasteiger partial charge on any atom is 0.358 e. The quantitative estimate of drug-likeness (QED) is 0.0763. The van der Waals surface area contributed by atoms with Crippen LogP contribution in [0.15, 0.2) is 65.7 Å². The highest BCUT2D eigenvalue weighted by Crippen LogP contribution is 2.40. The molecule has 2 aromatic carbocycles. The van der Waals surface area contributed by atoms with Crippen molar-refractivity contribution in [2.24, 2.45) is 4.99 Å². The third-order valence-electron chi connectivity index (χ3n) is 8.07. The maximum atomic E-state index is 13.0. The minimum absolute atomic E-state index is 0.191. The van der Waals surface area contributed by atoms with E-state index in [-0.39, 0.29) is 5.92 Å². The highest BCUT2D eigenvalue weighted by Gasteiger charge is 2.35. The summed E-state index contributed by atoms with van der Waals surface area (Å²) in [5.74, 6) is 0.965. The van der Waals surface area contributed by atoms with Gasteiger partial charge in [-0.1, -0.05) is 61.3 Å². The van der Waals surface area contributed by atoms with Gasteiger partial charge in [0.25, 0.3) is 0 Å². The Balaban J connectivity index is 1.24. The molecule has 0 unspecified atom stereocenters. The van der Waals surface area contributed by atoms with E-state index in [0.717, 1.165) is 51.2 Å². The molecule has 10 nitrogen and oxygen atoms in total. The first-order valence-corrected chi connectivity index (χ1v) is 21.2. The second-order valence-corrected chi connectivity index (χ2v) is 20.5. The highest BCUT2D eigenvalue weighted by molar-refractivity contribution is 7.16. The molecular formula is C34H41N7O3S2Si. The second-order valence-electron chi connectivity index (χ2n) is 12.9. The number of aromatic nitrogens is 4. The van der Waals surface area contributed by atoms with Crippen molar-refractivity contribution in [2.45, 2.75) is 52.2 Å². The number of nitrogens with zero attached hydrogens (tertiary/aromatic N) is 7. The molecular weight excluding hydrogens is 647 g/mol. The molecule has 246 valence electrons. The van der Waals surface area contributed by atoms with Crippen molar-refractivity contribution in [1.29, 1.82) is 0 Å². The van der Waals surface area contributed by atoms with Gasteiger partial charge in [0, 0.05) is 51.3 Å². The summed E-state index contributed by atoms with van der Waals surface area (Å²) in [6.07, 6.45) is 0. The molecule has 13 heteroatoms. The summed E-state index contributed by atoms with van der Waals surface area (Å²) in [5, 5.41) is 9.74. The molecule has 1 aliphatic heterocycles. The second kappa shape index (κ2) is 14.1. The number of hydrogen-bond donors (Lipinski definition) is 0. The van der Waals surface area contributed by atoms with Crippen LogP contribution in [0.5, 0.6) is 0 Å². The predicted octanol–water partition coefficient (Wildman–Crippen LogP) is 7.35. The van der Waals surface area contributed by atoms with E-state index < -0.39 is 14.0 Å². The highest BCUT2D eigenvalue weighted by atomic mass is 32.1. The zero-order valence-corrected chi connectivity index (χ0v) is 30.4. The van der Waals surface area contributed by atoms with Crippen molar-refractivity contribution in [3.05, 3.63) is 81.6 Å². The molecule has 0 spiro atoms. The SMILES string of the molecule is CCOC(=O)c1nc(N(C)c2cc(C)c(/N=c3\sc4ccccc4n3COCC[Si](C)(C)C)nn2)sc1C1CN(c2ccccc2)C1. The number of hydrogen-bond acceptors (Lipinski definition) is 11. The topological polar surface area (TPSA) is 98.0 Å². The molecule has 1 fully saturated rings. The first-order valence-electron chi connectivity index (χ1n) is 15.9. The Morgan fingerprint density at radius 2 is 1.81 bits per heavy atom. The third kappa shape index (κ3) is 7.48. The first-order chi connectivity index (χ1) is 22.6. The van der Waals surface area contributed by atoms with Crippen LogP contribution in [0.4, 0.5) is 22.5 Å². The fourth-order valence-electron chi connectivity index (χ4n) is 5.27. The van der Waals surface area contributed by atoms with E-state index in [1.807, 2.05) is 62.2 Å². The van der Waals surface area contributed by atoms with Gasteiger partial charge in [-0.15, -0.1) is 21.5 Å². The van der Waals surface area contributed by atoms with Crippen LogP contribution in [-0.4, -0.2) is 67.1 Å². The number of benzene rings is 2. The molecule has 4 heterocycles. The standard InChI is InChI=1S/C34H41N7O3S2Si/c1-7-44-32(42)29-30(24-20-40(21-24)25-13-9-8-10-14-25)46-33(35-29)39(3)28-19-23(2)31(38-37-28)36-34-41(22-43-17-18-47(4,5)6)26-15-11-12-16-27(26)45-34/h8-16,19,24H,7,17-18,20-22H2,1-6H3/b36-34-. The van der Waals surface area contributed by atoms with Crippen LogP contribution in [0.3, 0.4) is 0 Å². The lowest BCUT2D eigenvalue weighted by Gasteiger charge is -2.40. The molecule has 0 radical (unpaired) electrons. The van der Waals surface area contributed by atoms with Gasteiger partial charge in [-0.05, 0) is 55.8 Å². The number of carbonyl (C=O) groups excluding carboxylic acids is 1. The van der Waals surface area contributed by atoms with Crippen LogP contribution < -0.4 is 14.6 Å². The van der Waals surface area contributed by atoms with E-state index in [2.05, 4.69) is 63.6 Å². The predicted molar refractivity (Wildman–Crippen MR) is 193 cm³/mol. The van der Waals surface area contributed by atoms with Crippen molar-refractivity contribution in [3.8, 4) is 0 Å². The van der Waals surface area contributed by atoms with Gasteiger partial charge in [0.05, 0.1) is 16.8 Å². The van der Waals surface area contributed by atoms with E-state index in [0.29, 0.717) is 35.8 Å². The number of fused-ring (bicyclic) bond motifs is 1. The van der Waals surface area contributed by atoms with E-state index in [1.54, 1.807) is 11.3 Å². The Morgan fingerprint density at radius 1 is 1.06 bits per heavy atom. The molecule has 3 aromatic heterocycles. The lowest BCUT2D eigenvalue weighted by molar-refractivity contribution is 0.0518. The molecule has 0 atom stereocenters. The minimum Gasteiger partial charge on any atom is -0.461 e. The number of rotatable bonds is 12. The van der Waals surface area contributed by atoms with E-state index >= 15 is 0 Å². The molecule has 6 rings (SSSR count). The average Bonchev–Trinajstić information content (AvgIpc) is 3.61.